The van der Waals surface area contributed by atoms with E-state index in [2.05, 4.69) is 44.3 Å². The van der Waals surface area contributed by atoms with Crippen LogP contribution in [-0.2, 0) is 6.42 Å². The quantitative estimate of drug-likeness (QED) is 0.853. The van der Waals surface area contributed by atoms with Crippen LogP contribution in [0.25, 0.3) is 0 Å². The third kappa shape index (κ3) is 2.86. The molecule has 2 heteroatoms. The molecule has 1 aliphatic carbocycles. The summed E-state index contributed by atoms with van der Waals surface area (Å²) in [5.74, 6) is 1.10. The molecule has 1 aromatic rings. The number of nitrogens with one attached hydrogen (secondary N) is 1. The topological polar surface area (TPSA) is 21.3 Å². The minimum Gasteiger partial charge on any atom is -0.490 e. The largest absolute Gasteiger partial charge is 0.490 e. The Morgan fingerprint density at radius 2 is 2.22 bits per heavy atom. The molecule has 2 rings (SSSR count). The normalized spacial score (nSPS) is 20.3. The summed E-state index contributed by atoms with van der Waals surface area (Å²) in [6.07, 6.45) is 5.01. The molecule has 0 fully saturated rings. The summed E-state index contributed by atoms with van der Waals surface area (Å²) in [4.78, 5) is 0. The van der Waals surface area contributed by atoms with E-state index in [-0.39, 0.29) is 0 Å². The first-order valence-electron chi connectivity index (χ1n) is 7.28. The average molecular weight is 247 g/mol. The van der Waals surface area contributed by atoms with Crippen molar-refractivity contribution in [1.82, 2.24) is 5.32 Å². The first-order chi connectivity index (χ1) is 8.76. The first kappa shape index (κ1) is 13.4. The Morgan fingerprint density at radius 3 is 2.94 bits per heavy atom. The number of rotatable bonds is 5. The molecule has 1 aromatic carbocycles. The summed E-state index contributed by atoms with van der Waals surface area (Å²) in [7, 11) is 0. The van der Waals surface area contributed by atoms with Gasteiger partial charge in [0.25, 0.3) is 0 Å². The number of hydrogen-bond acceptors (Lipinski definition) is 2. The van der Waals surface area contributed by atoms with E-state index in [4.69, 9.17) is 4.74 Å². The maximum Gasteiger partial charge on any atom is 0.123 e. The Kier molecular flexibility index (Phi) is 4.65. The summed E-state index contributed by atoms with van der Waals surface area (Å²) < 4.78 is 6.06. The zero-order chi connectivity index (χ0) is 13.0. The minimum atomic E-state index is 0.302. The van der Waals surface area contributed by atoms with Gasteiger partial charge in [0, 0.05) is 6.04 Å². The SMILES string of the molecule is CCNC1CCCc2c(OC(C)CC)cccc21. The molecule has 0 heterocycles. The summed E-state index contributed by atoms with van der Waals surface area (Å²) in [6.45, 7) is 7.51. The van der Waals surface area contributed by atoms with Gasteiger partial charge in [-0.25, -0.2) is 0 Å². The molecule has 0 saturated heterocycles. The Morgan fingerprint density at radius 1 is 1.39 bits per heavy atom. The van der Waals surface area contributed by atoms with E-state index in [0.717, 1.165) is 25.1 Å². The molecule has 18 heavy (non-hydrogen) atoms. The molecule has 0 radical (unpaired) electrons. The lowest BCUT2D eigenvalue weighted by Crippen LogP contribution is -2.25. The van der Waals surface area contributed by atoms with Crippen molar-refractivity contribution in [2.45, 2.75) is 58.6 Å². The second kappa shape index (κ2) is 6.24. The van der Waals surface area contributed by atoms with Crippen molar-refractivity contribution in [1.29, 1.82) is 0 Å². The fourth-order valence-electron chi connectivity index (χ4n) is 2.68. The van der Waals surface area contributed by atoms with E-state index in [9.17, 15) is 0 Å². The van der Waals surface area contributed by atoms with Crippen LogP contribution in [0.1, 0.15) is 57.2 Å². The van der Waals surface area contributed by atoms with Gasteiger partial charge in [-0.1, -0.05) is 26.0 Å². The smallest absolute Gasteiger partial charge is 0.123 e. The van der Waals surface area contributed by atoms with Crippen LogP contribution in [0.3, 0.4) is 0 Å². The predicted octanol–water partition coefficient (Wildman–Crippen LogP) is 3.85. The van der Waals surface area contributed by atoms with E-state index in [1.807, 2.05) is 0 Å². The van der Waals surface area contributed by atoms with Crippen LogP contribution < -0.4 is 10.1 Å². The second-order valence-corrected chi connectivity index (χ2v) is 5.16. The molecular formula is C16H25NO. The summed E-state index contributed by atoms with van der Waals surface area (Å²) in [6, 6.07) is 7.02. The summed E-state index contributed by atoms with van der Waals surface area (Å²) >= 11 is 0. The predicted molar refractivity (Wildman–Crippen MR) is 76.2 cm³/mol. The molecule has 0 saturated carbocycles. The van der Waals surface area contributed by atoms with Crippen LogP contribution in [0.2, 0.25) is 0 Å². The van der Waals surface area contributed by atoms with Gasteiger partial charge in [-0.3, -0.25) is 0 Å². The third-order valence-corrected chi connectivity index (χ3v) is 3.82. The number of fused-ring (bicyclic) bond motifs is 1. The van der Waals surface area contributed by atoms with Gasteiger partial charge in [-0.2, -0.15) is 0 Å². The Bertz CT molecular complexity index is 389. The lowest BCUT2D eigenvalue weighted by Gasteiger charge is -2.28. The molecule has 0 aromatic heterocycles. The molecule has 100 valence electrons. The third-order valence-electron chi connectivity index (χ3n) is 3.82. The highest BCUT2D eigenvalue weighted by molar-refractivity contribution is 5.43. The molecular weight excluding hydrogens is 222 g/mol. The van der Waals surface area contributed by atoms with Crippen molar-refractivity contribution in [3.05, 3.63) is 29.3 Å². The molecule has 0 amide bonds. The van der Waals surface area contributed by atoms with Crippen LogP contribution in [0, 0.1) is 0 Å². The highest BCUT2D eigenvalue weighted by Crippen LogP contribution is 2.35. The average Bonchev–Trinajstić information content (AvgIpc) is 2.40. The maximum absolute atomic E-state index is 6.06. The van der Waals surface area contributed by atoms with E-state index in [1.54, 1.807) is 0 Å². The molecule has 1 aliphatic rings. The number of hydrogen-bond donors (Lipinski definition) is 1. The second-order valence-electron chi connectivity index (χ2n) is 5.16. The van der Waals surface area contributed by atoms with Gasteiger partial charge in [-0.05, 0) is 56.3 Å². The van der Waals surface area contributed by atoms with Gasteiger partial charge in [0.1, 0.15) is 5.75 Å². The van der Waals surface area contributed by atoms with Crippen LogP contribution in [-0.4, -0.2) is 12.6 Å². The van der Waals surface area contributed by atoms with Gasteiger partial charge in [-0.15, -0.1) is 0 Å². The van der Waals surface area contributed by atoms with Crippen LogP contribution >= 0.6 is 0 Å². The van der Waals surface area contributed by atoms with Gasteiger partial charge < -0.3 is 10.1 Å². The van der Waals surface area contributed by atoms with Crippen molar-refractivity contribution in [2.24, 2.45) is 0 Å². The standard InChI is InChI=1S/C16H25NO/c1-4-12(3)18-16-11-7-8-13-14(16)9-6-10-15(13)17-5-2/h7-8,11-12,15,17H,4-6,9-10H2,1-3H3. The fraction of sp³-hybridized carbons (Fsp3) is 0.625. The molecule has 1 N–H and O–H groups in total. The van der Waals surface area contributed by atoms with Crippen molar-refractivity contribution < 1.29 is 4.74 Å². The fourth-order valence-corrected chi connectivity index (χ4v) is 2.68. The minimum absolute atomic E-state index is 0.302. The van der Waals surface area contributed by atoms with Crippen molar-refractivity contribution >= 4 is 0 Å². The van der Waals surface area contributed by atoms with E-state index in [1.165, 1.54) is 24.0 Å². The Labute approximate surface area is 111 Å². The van der Waals surface area contributed by atoms with Crippen LogP contribution in [0.15, 0.2) is 18.2 Å². The summed E-state index contributed by atoms with van der Waals surface area (Å²) in [5.41, 5.74) is 2.87. The van der Waals surface area contributed by atoms with Crippen LogP contribution in [0.5, 0.6) is 5.75 Å². The van der Waals surface area contributed by atoms with E-state index in [0.29, 0.717) is 12.1 Å². The number of ether oxygens (including phenoxy) is 1. The van der Waals surface area contributed by atoms with Crippen molar-refractivity contribution in [2.75, 3.05) is 6.54 Å². The first-order valence-corrected chi connectivity index (χ1v) is 7.28. The highest BCUT2D eigenvalue weighted by Gasteiger charge is 2.22. The monoisotopic (exact) mass is 247 g/mol. The molecule has 2 nitrogen and oxygen atoms in total. The van der Waals surface area contributed by atoms with Gasteiger partial charge in [0.15, 0.2) is 0 Å². The molecule has 2 atom stereocenters. The zero-order valence-electron chi connectivity index (χ0n) is 11.8. The van der Waals surface area contributed by atoms with Crippen molar-refractivity contribution in [3.8, 4) is 5.75 Å². The van der Waals surface area contributed by atoms with Gasteiger partial charge >= 0.3 is 0 Å². The molecule has 0 spiro atoms. The molecule has 2 unspecified atom stereocenters. The maximum atomic E-state index is 6.06. The molecule has 0 aliphatic heterocycles. The van der Waals surface area contributed by atoms with E-state index >= 15 is 0 Å². The van der Waals surface area contributed by atoms with E-state index < -0.39 is 0 Å². The lowest BCUT2D eigenvalue weighted by atomic mass is 9.87. The highest BCUT2D eigenvalue weighted by atomic mass is 16.5. The Balaban J connectivity index is 2.25. The van der Waals surface area contributed by atoms with Crippen LogP contribution in [0.4, 0.5) is 0 Å². The van der Waals surface area contributed by atoms with Gasteiger partial charge in [0.2, 0.25) is 0 Å². The molecule has 0 bridgehead atoms. The number of benzene rings is 1. The lowest BCUT2D eigenvalue weighted by molar-refractivity contribution is 0.214. The van der Waals surface area contributed by atoms with Crippen molar-refractivity contribution in [3.63, 3.8) is 0 Å². The Hall–Kier alpha value is -1.02. The summed E-state index contributed by atoms with van der Waals surface area (Å²) in [5, 5.41) is 3.58. The van der Waals surface area contributed by atoms with Gasteiger partial charge in [0.05, 0.1) is 6.10 Å². The zero-order valence-corrected chi connectivity index (χ0v) is 11.8.